The Kier molecular flexibility index (Phi) is 12.8. The van der Waals surface area contributed by atoms with Crippen LogP contribution in [0.3, 0.4) is 0 Å². The van der Waals surface area contributed by atoms with E-state index in [9.17, 15) is 19.2 Å². The third-order valence-electron chi connectivity index (χ3n) is 9.66. The van der Waals surface area contributed by atoms with Gasteiger partial charge in [0.1, 0.15) is 12.1 Å². The Hall–Kier alpha value is -3.96. The average molecular weight is 895 g/mol. The molecule has 0 spiro atoms. The number of carbonyl (C=O) groups is 4. The molecule has 0 saturated heterocycles. The third kappa shape index (κ3) is 8.09. The van der Waals surface area contributed by atoms with Crippen LogP contribution in [0.2, 0.25) is 3.98 Å². The number of allylic oxidation sites excluding steroid dienone is 2. The van der Waals surface area contributed by atoms with Crippen molar-refractivity contribution < 1.29 is 33.0 Å². The first-order chi connectivity index (χ1) is 24.6. The number of ether oxygens (including phenoxy) is 2. The van der Waals surface area contributed by atoms with Gasteiger partial charge in [-0.05, 0) is 42.5 Å². The topological polar surface area (TPSA) is 151 Å². The number of aryl methyl sites for hydroxylation is 1. The molecule has 0 saturated carbocycles. The molecule has 14 heteroatoms. The number of fused-ring (bicyclic) bond motifs is 4. The van der Waals surface area contributed by atoms with E-state index in [4.69, 9.17) is 14.5 Å². The number of hydrogen-bond acceptors (Lipinski definition) is 9. The molecule has 3 aliphatic rings. The summed E-state index contributed by atoms with van der Waals surface area (Å²) in [6, 6.07) is 0.946. The van der Waals surface area contributed by atoms with Crippen molar-refractivity contribution >= 4 is 66.9 Å². The minimum absolute atomic E-state index is 0.119. The summed E-state index contributed by atoms with van der Waals surface area (Å²) < 4.78 is 27.1. The number of aromatic nitrogens is 1. The van der Waals surface area contributed by atoms with E-state index in [1.165, 1.54) is 6.07 Å². The van der Waals surface area contributed by atoms with Crippen LogP contribution in [0.5, 0.6) is 0 Å². The number of amides is 3. The molecule has 3 unspecified atom stereocenters. The second-order valence-corrected chi connectivity index (χ2v) is 14.5. The van der Waals surface area contributed by atoms with E-state index >= 15 is 4.39 Å². The number of carbonyl (C=O) groups excluding carboxylic acids is 4. The monoisotopic (exact) mass is 895 g/mol. The Labute approximate surface area is 313 Å². The zero-order chi connectivity index (χ0) is 36.8. The van der Waals surface area contributed by atoms with Gasteiger partial charge >= 0.3 is 151 Å². The van der Waals surface area contributed by atoms with Crippen molar-refractivity contribution in [2.45, 2.75) is 62.1 Å². The number of nitrogens with one attached hydrogen (secondary N) is 4. The molecule has 1 aliphatic carbocycles. The zero-order valence-corrected chi connectivity index (χ0v) is 33.1. The molecule has 0 fully saturated rings. The molecule has 4 N–H and O–H groups in total. The Balaban J connectivity index is 1.35. The van der Waals surface area contributed by atoms with Crippen LogP contribution >= 0.6 is 0 Å². The predicted octanol–water partition coefficient (Wildman–Crippen LogP) is 2.92. The minimum Gasteiger partial charge on any atom is -0.380 e. The van der Waals surface area contributed by atoms with Gasteiger partial charge in [-0.15, -0.1) is 0 Å². The van der Waals surface area contributed by atoms with E-state index in [2.05, 4.69) is 39.3 Å². The summed E-state index contributed by atoms with van der Waals surface area (Å²) in [5, 5.41) is 12.4. The molecule has 1 aromatic carbocycles. The van der Waals surface area contributed by atoms with E-state index in [0.717, 1.165) is 80.7 Å². The van der Waals surface area contributed by atoms with E-state index in [1.54, 1.807) is 14.0 Å². The summed E-state index contributed by atoms with van der Waals surface area (Å²) in [5.41, 5.74) is 8.26. The van der Waals surface area contributed by atoms with Crippen LogP contribution in [-0.2, 0) is 41.6 Å². The van der Waals surface area contributed by atoms with Crippen molar-refractivity contribution in [3.05, 3.63) is 81.6 Å². The van der Waals surface area contributed by atoms with Crippen LogP contribution < -0.4 is 21.3 Å². The first-order valence-electron chi connectivity index (χ1n) is 17.0. The number of methoxy groups -OCH3 is 1. The van der Waals surface area contributed by atoms with Crippen LogP contribution in [-0.4, -0.2) is 99.8 Å². The van der Waals surface area contributed by atoms with Gasteiger partial charge in [0.15, 0.2) is 0 Å². The van der Waals surface area contributed by atoms with Crippen LogP contribution in [0.25, 0.3) is 16.6 Å². The first kappa shape index (κ1) is 38.3. The molecule has 2 aliphatic heterocycles. The van der Waals surface area contributed by atoms with Crippen molar-refractivity contribution in [2.24, 2.45) is 5.92 Å². The Morgan fingerprint density at radius 1 is 1.25 bits per heavy atom. The van der Waals surface area contributed by atoms with Gasteiger partial charge in [0.2, 0.25) is 0 Å². The van der Waals surface area contributed by atoms with Gasteiger partial charge in [0.25, 0.3) is 0 Å². The summed E-state index contributed by atoms with van der Waals surface area (Å²) >= 11 is 0.865. The van der Waals surface area contributed by atoms with Gasteiger partial charge in [-0.3, -0.25) is 0 Å². The van der Waals surface area contributed by atoms with Gasteiger partial charge in [0, 0.05) is 41.3 Å². The molecule has 51 heavy (non-hydrogen) atoms. The minimum atomic E-state index is -0.394. The number of nitrogens with zero attached hydrogens (tertiary/aromatic N) is 2. The summed E-state index contributed by atoms with van der Waals surface area (Å²) in [6.45, 7) is 12.6. The number of pyridine rings is 1. The molecule has 3 amide bonds. The standard InChI is InChI=1S/C37H44FN6O6.Pb/c1-7-24(15-45)26-11-32-37-27(14-44(32)23(5)28(26)16-49-6)36-30(9-8-25-22(4)29(38)12-31(43-37)35(25)36)42-34(48)17-50-19-40-33(47)10-20(2)41-21(3)13-39-18-46;/h11-12,15,18,20,24,30,41H,2-3,5,7-10,13-14,16-17,19H2,1,4,6H3,(H,39,46)(H,40,47)(H,42,48);. The fourth-order valence-electron chi connectivity index (χ4n) is 7.13. The van der Waals surface area contributed by atoms with E-state index in [-0.39, 0.29) is 55.9 Å². The average Bonchev–Trinajstić information content (AvgIpc) is 3.48. The summed E-state index contributed by atoms with van der Waals surface area (Å²) in [5.74, 6) is -1.27. The van der Waals surface area contributed by atoms with Gasteiger partial charge < -0.3 is 14.4 Å². The Morgan fingerprint density at radius 3 is 2.73 bits per heavy atom. The summed E-state index contributed by atoms with van der Waals surface area (Å²) in [6.07, 6.45) is 5.42. The molecular formula is C37H44FN6O6Pb. The zero-order valence-electron chi connectivity index (χ0n) is 29.2. The van der Waals surface area contributed by atoms with Gasteiger partial charge in [0.05, 0.1) is 30.1 Å². The Morgan fingerprint density at radius 2 is 2.04 bits per heavy atom. The van der Waals surface area contributed by atoms with Crippen molar-refractivity contribution in [3.8, 4) is 0 Å². The van der Waals surface area contributed by atoms with Crippen LogP contribution in [0, 0.1) is 18.7 Å². The maximum atomic E-state index is 15.2. The van der Waals surface area contributed by atoms with Crippen LogP contribution in [0.1, 0.15) is 60.2 Å². The smallest absolute Gasteiger partial charge is 0.380 e. The number of rotatable bonds is 18. The third-order valence-corrected chi connectivity index (χ3v) is 11.6. The van der Waals surface area contributed by atoms with Gasteiger partial charge in [-0.2, -0.15) is 0 Å². The molecular weight excluding hydrogens is 851 g/mol. The maximum absolute atomic E-state index is 15.2. The fourth-order valence-corrected chi connectivity index (χ4v) is 8.09. The number of hydrogen-bond donors (Lipinski definition) is 4. The first-order valence-corrected chi connectivity index (χ1v) is 19.7. The quantitative estimate of drug-likeness (QED) is 0.0768. The van der Waals surface area contributed by atoms with Crippen molar-refractivity contribution in [3.63, 3.8) is 0 Å². The molecule has 12 nitrogen and oxygen atoms in total. The Bertz CT molecular complexity index is 1830. The van der Waals surface area contributed by atoms with Gasteiger partial charge in [-0.25, -0.2) is 9.37 Å². The molecule has 3 radical (unpaired) electrons. The molecule has 5 rings (SSSR count). The SMILES string of the molecule is C=C(CNC=O)NC([CH2][Pb])CC(=O)NCOCC(=O)NC1CCc2c(C)c(F)cc3nc4c(c1c23)CN1C(=C)C(COC)=C(C(C=O)CC)C=C41. The molecule has 269 valence electrons. The molecule has 3 atom stereocenters. The molecule has 2 aromatic rings. The van der Waals surface area contributed by atoms with E-state index < -0.39 is 6.04 Å². The molecule has 1 aromatic heterocycles. The van der Waals surface area contributed by atoms with Crippen molar-refractivity contribution in [1.29, 1.82) is 0 Å². The van der Waals surface area contributed by atoms with Crippen molar-refractivity contribution in [1.82, 2.24) is 31.2 Å². The number of halogens is 1. The second-order valence-electron chi connectivity index (χ2n) is 12.9. The van der Waals surface area contributed by atoms with Gasteiger partial charge in [-0.1, -0.05) is 13.5 Å². The predicted molar refractivity (Wildman–Crippen MR) is 191 cm³/mol. The summed E-state index contributed by atoms with van der Waals surface area (Å²) in [4.78, 5) is 55.5. The van der Waals surface area contributed by atoms with E-state index in [0.29, 0.717) is 61.3 Å². The number of aldehydes is 1. The van der Waals surface area contributed by atoms with Crippen LogP contribution in [0.4, 0.5) is 4.39 Å². The van der Waals surface area contributed by atoms with E-state index in [1.807, 2.05) is 13.0 Å². The van der Waals surface area contributed by atoms with Crippen molar-refractivity contribution in [2.75, 3.05) is 33.6 Å². The molecule has 3 heterocycles. The normalized spacial score (nSPS) is 17.3. The molecule has 0 bridgehead atoms. The summed E-state index contributed by atoms with van der Waals surface area (Å²) in [7, 11) is 1.61. The fraction of sp³-hybridized carbons (Fsp3) is 0.432. The van der Waals surface area contributed by atoms with Crippen LogP contribution in [0.15, 0.2) is 47.8 Å². The second kappa shape index (κ2) is 17.0. The number of benzene rings is 1.